The van der Waals surface area contributed by atoms with Gasteiger partial charge >= 0.3 is 5.97 Å². The monoisotopic (exact) mass is 372 g/mol. The van der Waals surface area contributed by atoms with Crippen LogP contribution in [0.15, 0.2) is 54.6 Å². The molecule has 1 saturated heterocycles. The molecule has 0 spiro atoms. The Morgan fingerprint density at radius 3 is 2.54 bits per heavy atom. The van der Waals surface area contributed by atoms with E-state index in [2.05, 4.69) is 5.32 Å². The number of nitrogens with zero attached hydrogens (tertiary/aromatic N) is 1. The number of para-hydroxylation sites is 2. The van der Waals surface area contributed by atoms with Gasteiger partial charge in [0.25, 0.3) is 5.91 Å². The van der Waals surface area contributed by atoms with E-state index >= 15 is 0 Å². The molecule has 1 aliphatic heterocycles. The highest BCUT2D eigenvalue weighted by molar-refractivity contribution is 6.33. The number of rotatable bonds is 5. The number of hydrogen-bond acceptors (Lipinski definition) is 4. The molecule has 0 unspecified atom stereocenters. The van der Waals surface area contributed by atoms with Gasteiger partial charge in [-0.15, -0.1) is 0 Å². The fourth-order valence-corrected chi connectivity index (χ4v) is 2.91. The molecule has 134 valence electrons. The molecule has 26 heavy (non-hydrogen) atoms. The summed E-state index contributed by atoms with van der Waals surface area (Å²) in [6.45, 7) is -0.187. The van der Waals surface area contributed by atoms with Gasteiger partial charge in [-0.3, -0.25) is 14.4 Å². The van der Waals surface area contributed by atoms with Crippen molar-refractivity contribution < 1.29 is 19.1 Å². The number of hydrogen-bond donors (Lipinski definition) is 1. The molecule has 3 rings (SSSR count). The molecule has 2 amide bonds. The van der Waals surface area contributed by atoms with Gasteiger partial charge in [-0.2, -0.15) is 0 Å². The van der Waals surface area contributed by atoms with Crippen LogP contribution in [0, 0.1) is 5.92 Å². The van der Waals surface area contributed by atoms with Crippen LogP contribution in [0.3, 0.4) is 0 Å². The van der Waals surface area contributed by atoms with Crippen LogP contribution >= 0.6 is 11.6 Å². The summed E-state index contributed by atoms with van der Waals surface area (Å²) < 4.78 is 5.06. The van der Waals surface area contributed by atoms with Crippen LogP contribution in [0.25, 0.3) is 0 Å². The third-order valence-electron chi connectivity index (χ3n) is 4.02. The number of esters is 1. The van der Waals surface area contributed by atoms with Crippen molar-refractivity contribution in [2.75, 3.05) is 23.4 Å². The van der Waals surface area contributed by atoms with E-state index in [1.54, 1.807) is 29.2 Å². The summed E-state index contributed by atoms with van der Waals surface area (Å²) in [4.78, 5) is 37.8. The van der Waals surface area contributed by atoms with Gasteiger partial charge in [0.2, 0.25) is 5.91 Å². The Morgan fingerprint density at radius 1 is 1.12 bits per heavy atom. The Kier molecular flexibility index (Phi) is 5.53. The minimum Gasteiger partial charge on any atom is -0.455 e. The third kappa shape index (κ3) is 4.21. The first kappa shape index (κ1) is 17.9. The van der Waals surface area contributed by atoms with Crippen LogP contribution in [0.1, 0.15) is 6.42 Å². The van der Waals surface area contributed by atoms with Gasteiger partial charge in [-0.1, -0.05) is 41.9 Å². The van der Waals surface area contributed by atoms with E-state index in [1.165, 1.54) is 0 Å². The van der Waals surface area contributed by atoms with Crippen molar-refractivity contribution in [3.8, 4) is 0 Å². The number of carbonyl (C=O) groups excluding carboxylic acids is 3. The number of nitrogens with one attached hydrogen (secondary N) is 1. The topological polar surface area (TPSA) is 75.7 Å². The first-order valence-electron chi connectivity index (χ1n) is 8.11. The molecule has 1 atom stereocenters. The van der Waals surface area contributed by atoms with E-state index in [-0.39, 0.29) is 18.9 Å². The SMILES string of the molecule is O=C(COC(=O)[C@H]1CC(=O)N(c2ccccc2)C1)Nc1ccccc1Cl. The first-order chi connectivity index (χ1) is 12.5. The van der Waals surface area contributed by atoms with Crippen molar-refractivity contribution in [2.45, 2.75) is 6.42 Å². The maximum absolute atomic E-state index is 12.2. The fraction of sp³-hybridized carbons (Fsp3) is 0.211. The lowest BCUT2D eigenvalue weighted by Crippen LogP contribution is -2.28. The largest absolute Gasteiger partial charge is 0.455 e. The summed E-state index contributed by atoms with van der Waals surface area (Å²) in [6, 6.07) is 15.9. The number of ether oxygens (including phenoxy) is 1. The second kappa shape index (κ2) is 8.01. The van der Waals surface area contributed by atoms with Crippen molar-refractivity contribution >= 4 is 40.8 Å². The minimum atomic E-state index is -0.587. The molecular weight excluding hydrogens is 356 g/mol. The van der Waals surface area contributed by atoms with Crippen LogP contribution in [0.2, 0.25) is 5.02 Å². The lowest BCUT2D eigenvalue weighted by atomic mass is 10.1. The second-order valence-corrected chi connectivity index (χ2v) is 6.28. The Morgan fingerprint density at radius 2 is 1.81 bits per heavy atom. The van der Waals surface area contributed by atoms with Crippen molar-refractivity contribution in [2.24, 2.45) is 5.92 Å². The molecule has 0 bridgehead atoms. The molecule has 1 heterocycles. The van der Waals surface area contributed by atoms with Crippen LogP contribution < -0.4 is 10.2 Å². The third-order valence-corrected chi connectivity index (χ3v) is 4.35. The Labute approximate surface area is 155 Å². The number of carbonyl (C=O) groups is 3. The molecule has 0 aliphatic carbocycles. The zero-order valence-corrected chi connectivity index (χ0v) is 14.6. The predicted octanol–water partition coefficient (Wildman–Crippen LogP) is 2.87. The standard InChI is InChI=1S/C19H17ClN2O4/c20-15-8-4-5-9-16(15)21-17(23)12-26-19(25)13-10-18(24)22(11-13)14-6-2-1-3-7-14/h1-9,13H,10-12H2,(H,21,23)/t13-/m0/s1. The van der Waals surface area contributed by atoms with Gasteiger partial charge in [0.05, 0.1) is 16.6 Å². The second-order valence-electron chi connectivity index (χ2n) is 5.88. The van der Waals surface area contributed by atoms with Crippen LogP contribution in [0.4, 0.5) is 11.4 Å². The molecule has 1 fully saturated rings. The van der Waals surface area contributed by atoms with Crippen LogP contribution in [0.5, 0.6) is 0 Å². The molecule has 1 N–H and O–H groups in total. The Bertz CT molecular complexity index is 825. The fourth-order valence-electron chi connectivity index (χ4n) is 2.73. The Balaban J connectivity index is 1.52. The van der Waals surface area contributed by atoms with E-state index in [4.69, 9.17) is 16.3 Å². The van der Waals surface area contributed by atoms with Crippen LogP contribution in [-0.4, -0.2) is 30.9 Å². The average Bonchev–Trinajstić information content (AvgIpc) is 3.04. The average molecular weight is 373 g/mol. The molecule has 0 aromatic heterocycles. The summed E-state index contributed by atoms with van der Waals surface area (Å²) in [6.07, 6.45) is 0.0693. The first-order valence-corrected chi connectivity index (χ1v) is 8.49. The van der Waals surface area contributed by atoms with Crippen molar-refractivity contribution in [1.82, 2.24) is 0 Å². The van der Waals surface area contributed by atoms with Crippen molar-refractivity contribution in [3.05, 3.63) is 59.6 Å². The number of benzene rings is 2. The number of amides is 2. The summed E-state index contributed by atoms with van der Waals surface area (Å²) in [5.41, 5.74) is 1.19. The van der Waals surface area contributed by atoms with Gasteiger partial charge in [-0.25, -0.2) is 0 Å². The molecule has 7 heteroatoms. The lowest BCUT2D eigenvalue weighted by molar-refractivity contribution is -0.151. The highest BCUT2D eigenvalue weighted by Crippen LogP contribution is 2.25. The zero-order valence-electron chi connectivity index (χ0n) is 13.9. The zero-order chi connectivity index (χ0) is 18.5. The summed E-state index contributed by atoms with van der Waals surface area (Å²) in [5.74, 6) is -1.78. The summed E-state index contributed by atoms with van der Waals surface area (Å²) in [5, 5.41) is 2.97. The molecule has 2 aromatic rings. The molecule has 1 aliphatic rings. The molecule has 6 nitrogen and oxygen atoms in total. The van der Waals surface area contributed by atoms with E-state index in [0.717, 1.165) is 5.69 Å². The minimum absolute atomic E-state index is 0.0693. The van der Waals surface area contributed by atoms with E-state index in [9.17, 15) is 14.4 Å². The van der Waals surface area contributed by atoms with Crippen molar-refractivity contribution in [3.63, 3.8) is 0 Å². The molecule has 0 saturated carbocycles. The van der Waals surface area contributed by atoms with E-state index in [0.29, 0.717) is 10.7 Å². The maximum Gasteiger partial charge on any atom is 0.311 e. The highest BCUT2D eigenvalue weighted by atomic mass is 35.5. The molecule has 0 radical (unpaired) electrons. The van der Waals surface area contributed by atoms with Gasteiger partial charge < -0.3 is 15.0 Å². The summed E-state index contributed by atoms with van der Waals surface area (Å²) in [7, 11) is 0. The van der Waals surface area contributed by atoms with Gasteiger partial charge in [0, 0.05) is 18.7 Å². The van der Waals surface area contributed by atoms with Crippen LogP contribution in [-0.2, 0) is 19.1 Å². The quantitative estimate of drug-likeness (QED) is 0.819. The smallest absolute Gasteiger partial charge is 0.311 e. The highest BCUT2D eigenvalue weighted by Gasteiger charge is 2.36. The lowest BCUT2D eigenvalue weighted by Gasteiger charge is -2.16. The number of halogens is 1. The number of anilines is 2. The van der Waals surface area contributed by atoms with E-state index < -0.39 is 24.4 Å². The van der Waals surface area contributed by atoms with E-state index in [1.807, 2.05) is 30.3 Å². The maximum atomic E-state index is 12.2. The Hall–Kier alpha value is -2.86. The van der Waals surface area contributed by atoms with Gasteiger partial charge in [0.15, 0.2) is 6.61 Å². The molecular formula is C19H17ClN2O4. The summed E-state index contributed by atoms with van der Waals surface area (Å²) >= 11 is 5.96. The van der Waals surface area contributed by atoms with Gasteiger partial charge in [0.1, 0.15) is 0 Å². The predicted molar refractivity (Wildman–Crippen MR) is 97.9 cm³/mol. The van der Waals surface area contributed by atoms with Gasteiger partial charge in [-0.05, 0) is 24.3 Å². The van der Waals surface area contributed by atoms with Crippen molar-refractivity contribution in [1.29, 1.82) is 0 Å². The normalized spacial score (nSPS) is 16.4. The molecule has 2 aromatic carbocycles.